The smallest absolute Gasteiger partial charge is 0.330 e. The Labute approximate surface area is 143 Å². The van der Waals surface area contributed by atoms with Crippen LogP contribution < -0.4 is 10.6 Å². The maximum absolute atomic E-state index is 13.5. The molecule has 24 heavy (non-hydrogen) atoms. The minimum absolute atomic E-state index is 0.00420. The third-order valence-corrected chi connectivity index (χ3v) is 3.96. The summed E-state index contributed by atoms with van der Waals surface area (Å²) in [6, 6.07) is 2.21. The summed E-state index contributed by atoms with van der Waals surface area (Å²) in [5.74, 6) is -2.44. The van der Waals surface area contributed by atoms with Crippen LogP contribution in [0.5, 0.6) is 0 Å². The van der Waals surface area contributed by atoms with Gasteiger partial charge in [-0.3, -0.25) is 9.59 Å². The minimum atomic E-state index is -1.36. The van der Waals surface area contributed by atoms with Crippen molar-refractivity contribution < 1.29 is 23.9 Å². The van der Waals surface area contributed by atoms with E-state index in [1.807, 2.05) is 0 Å². The number of aliphatic carboxylic acids is 1. The van der Waals surface area contributed by atoms with E-state index in [1.54, 1.807) is 0 Å². The molecule has 8 heteroatoms. The molecule has 0 aromatic heterocycles. The lowest BCUT2D eigenvalue weighted by atomic mass is 10.1. The maximum Gasteiger partial charge on any atom is 0.330 e. The van der Waals surface area contributed by atoms with Gasteiger partial charge in [0.2, 0.25) is 11.8 Å². The minimum Gasteiger partial charge on any atom is -0.479 e. The molecule has 2 amide bonds. The van der Waals surface area contributed by atoms with Crippen LogP contribution >= 0.6 is 11.6 Å². The van der Waals surface area contributed by atoms with Crippen molar-refractivity contribution in [2.75, 3.05) is 6.54 Å². The second-order valence-corrected chi connectivity index (χ2v) is 6.09. The van der Waals surface area contributed by atoms with E-state index in [2.05, 4.69) is 10.6 Å². The standard InChI is InChI=1S/C16H18ClFN2O4/c17-11-6-5-10(8-12(11)18)14(16(23)24)20-13(21)2-1-7-19-15(22)9-3-4-9/h5-6,8-9,14H,1-4,7H2,(H,19,22)(H,20,21)(H,23,24). The van der Waals surface area contributed by atoms with Gasteiger partial charge in [0.15, 0.2) is 6.04 Å². The average molecular weight is 357 g/mol. The van der Waals surface area contributed by atoms with Crippen molar-refractivity contribution in [3.63, 3.8) is 0 Å². The normalized spacial score (nSPS) is 14.8. The number of hydrogen-bond acceptors (Lipinski definition) is 3. The molecule has 0 bridgehead atoms. The second kappa shape index (κ2) is 8.10. The van der Waals surface area contributed by atoms with E-state index in [0.717, 1.165) is 18.9 Å². The van der Waals surface area contributed by atoms with E-state index in [1.165, 1.54) is 12.1 Å². The molecule has 0 heterocycles. The van der Waals surface area contributed by atoms with Crippen molar-refractivity contribution in [3.05, 3.63) is 34.6 Å². The van der Waals surface area contributed by atoms with Gasteiger partial charge >= 0.3 is 5.97 Å². The number of nitrogens with one attached hydrogen (secondary N) is 2. The van der Waals surface area contributed by atoms with Crippen LogP contribution in [0.3, 0.4) is 0 Å². The van der Waals surface area contributed by atoms with Gasteiger partial charge in [-0.2, -0.15) is 0 Å². The van der Waals surface area contributed by atoms with Gasteiger partial charge in [-0.05, 0) is 37.0 Å². The highest BCUT2D eigenvalue weighted by Crippen LogP contribution is 2.28. The molecule has 1 aromatic rings. The molecule has 6 nitrogen and oxygen atoms in total. The van der Waals surface area contributed by atoms with Crippen molar-refractivity contribution >= 4 is 29.4 Å². The van der Waals surface area contributed by atoms with Crippen LogP contribution in [-0.2, 0) is 14.4 Å². The zero-order valence-corrected chi connectivity index (χ0v) is 13.6. The average Bonchev–Trinajstić information content (AvgIpc) is 3.36. The predicted molar refractivity (Wildman–Crippen MR) is 84.9 cm³/mol. The Morgan fingerprint density at radius 3 is 2.62 bits per heavy atom. The monoisotopic (exact) mass is 356 g/mol. The molecule has 1 unspecified atom stereocenters. The molecule has 0 saturated heterocycles. The van der Waals surface area contributed by atoms with Gasteiger partial charge in [0, 0.05) is 18.9 Å². The first-order valence-electron chi connectivity index (χ1n) is 7.63. The Kier molecular flexibility index (Phi) is 6.14. The fourth-order valence-electron chi connectivity index (χ4n) is 2.16. The van der Waals surface area contributed by atoms with Gasteiger partial charge in [0.25, 0.3) is 0 Å². The molecule has 1 saturated carbocycles. The summed E-state index contributed by atoms with van der Waals surface area (Å²) in [5, 5.41) is 14.2. The van der Waals surface area contributed by atoms with E-state index in [-0.39, 0.29) is 28.8 Å². The lowest BCUT2D eigenvalue weighted by Gasteiger charge is -2.15. The summed E-state index contributed by atoms with van der Waals surface area (Å²) in [6.07, 6.45) is 2.27. The lowest BCUT2D eigenvalue weighted by Crippen LogP contribution is -2.34. The fraction of sp³-hybridized carbons (Fsp3) is 0.438. The van der Waals surface area contributed by atoms with Crippen LogP contribution in [0.4, 0.5) is 4.39 Å². The van der Waals surface area contributed by atoms with Crippen LogP contribution in [-0.4, -0.2) is 29.4 Å². The fourth-order valence-corrected chi connectivity index (χ4v) is 2.28. The Hall–Kier alpha value is -2.15. The number of benzene rings is 1. The summed E-state index contributed by atoms with van der Waals surface area (Å²) in [4.78, 5) is 34.6. The van der Waals surface area contributed by atoms with Crippen LogP contribution in [0.25, 0.3) is 0 Å². The third kappa shape index (κ3) is 5.19. The number of carboxylic acid groups (broad SMARTS) is 1. The van der Waals surface area contributed by atoms with Crippen LogP contribution in [0.2, 0.25) is 5.02 Å². The van der Waals surface area contributed by atoms with Gasteiger partial charge in [0.05, 0.1) is 5.02 Å². The molecular formula is C16H18ClFN2O4. The second-order valence-electron chi connectivity index (χ2n) is 5.68. The molecule has 3 N–H and O–H groups in total. The summed E-state index contributed by atoms with van der Waals surface area (Å²) in [6.45, 7) is 0.357. The van der Waals surface area contributed by atoms with Gasteiger partial charge in [0.1, 0.15) is 5.82 Å². The Morgan fingerprint density at radius 2 is 2.04 bits per heavy atom. The van der Waals surface area contributed by atoms with E-state index in [4.69, 9.17) is 11.6 Å². The number of carboxylic acids is 1. The number of hydrogen-bond donors (Lipinski definition) is 3. The molecule has 1 aliphatic carbocycles. The molecular weight excluding hydrogens is 339 g/mol. The first kappa shape index (κ1) is 18.2. The zero-order chi connectivity index (χ0) is 17.7. The van der Waals surface area contributed by atoms with Crippen LogP contribution in [0.1, 0.15) is 37.3 Å². The number of halogens is 2. The molecule has 1 aliphatic rings. The predicted octanol–water partition coefficient (Wildman–Crippen LogP) is 2.03. The first-order valence-corrected chi connectivity index (χ1v) is 8.01. The van der Waals surface area contributed by atoms with Crippen molar-refractivity contribution in [3.8, 4) is 0 Å². The number of amides is 2. The molecule has 1 aromatic carbocycles. The largest absolute Gasteiger partial charge is 0.479 e. The Morgan fingerprint density at radius 1 is 1.33 bits per heavy atom. The first-order chi connectivity index (χ1) is 11.4. The summed E-state index contributed by atoms with van der Waals surface area (Å²) in [5.41, 5.74) is 0.0970. The summed E-state index contributed by atoms with van der Waals surface area (Å²) < 4.78 is 13.5. The summed E-state index contributed by atoms with van der Waals surface area (Å²) in [7, 11) is 0. The third-order valence-electron chi connectivity index (χ3n) is 3.66. The molecule has 0 spiro atoms. The maximum atomic E-state index is 13.5. The molecule has 1 atom stereocenters. The van der Waals surface area contributed by atoms with Gasteiger partial charge in [-0.25, -0.2) is 9.18 Å². The van der Waals surface area contributed by atoms with E-state index in [9.17, 15) is 23.9 Å². The quantitative estimate of drug-likeness (QED) is 0.621. The lowest BCUT2D eigenvalue weighted by molar-refractivity contribution is -0.142. The highest BCUT2D eigenvalue weighted by atomic mass is 35.5. The topological polar surface area (TPSA) is 95.5 Å². The number of carbonyl (C=O) groups excluding carboxylic acids is 2. The van der Waals surface area contributed by atoms with Crippen molar-refractivity contribution in [2.24, 2.45) is 5.92 Å². The van der Waals surface area contributed by atoms with Gasteiger partial charge in [-0.1, -0.05) is 17.7 Å². The van der Waals surface area contributed by atoms with Crippen LogP contribution in [0, 0.1) is 11.7 Å². The number of carbonyl (C=O) groups is 3. The molecule has 0 aliphatic heterocycles. The Bertz CT molecular complexity index is 649. The van der Waals surface area contributed by atoms with Crippen molar-refractivity contribution in [1.29, 1.82) is 0 Å². The number of rotatable bonds is 8. The zero-order valence-electron chi connectivity index (χ0n) is 12.9. The van der Waals surface area contributed by atoms with E-state index in [0.29, 0.717) is 13.0 Å². The van der Waals surface area contributed by atoms with Crippen molar-refractivity contribution in [2.45, 2.75) is 31.7 Å². The SMILES string of the molecule is O=C(CCCNC(=O)C1CC1)NC(C(=O)O)c1ccc(Cl)c(F)c1. The highest BCUT2D eigenvalue weighted by molar-refractivity contribution is 6.30. The van der Waals surface area contributed by atoms with Crippen molar-refractivity contribution in [1.82, 2.24) is 10.6 Å². The van der Waals surface area contributed by atoms with Crippen LogP contribution in [0.15, 0.2) is 18.2 Å². The van der Waals surface area contributed by atoms with E-state index >= 15 is 0 Å². The Balaban J connectivity index is 1.83. The summed E-state index contributed by atoms with van der Waals surface area (Å²) >= 11 is 5.56. The van der Waals surface area contributed by atoms with E-state index < -0.39 is 23.7 Å². The van der Waals surface area contributed by atoms with Gasteiger partial charge in [-0.15, -0.1) is 0 Å². The molecule has 2 rings (SSSR count). The molecule has 1 fully saturated rings. The molecule has 130 valence electrons. The highest BCUT2D eigenvalue weighted by Gasteiger charge is 2.29. The van der Waals surface area contributed by atoms with Gasteiger partial charge < -0.3 is 15.7 Å². The molecule has 0 radical (unpaired) electrons.